The van der Waals surface area contributed by atoms with Gasteiger partial charge in [-0.05, 0) is 25.5 Å². The molecule has 76 valence electrons. The number of nitrogens with zero attached hydrogens (tertiary/aromatic N) is 1. The largest absolute Gasteiger partial charge is 0.311 e. The third-order valence-electron chi connectivity index (χ3n) is 2.14. The molecule has 0 bridgehead atoms. The number of hydrogen-bond donors (Lipinski definition) is 0. The number of hydrogen-bond acceptors (Lipinski definition) is 1. The standard InChI is InChI=1S/C11H14ClNO/c1-3-13(11(14)8-12)10-7-5-4-6-9(10)2/h4-7H,3,8H2,1-2H3. The average molecular weight is 212 g/mol. The lowest BCUT2D eigenvalue weighted by Gasteiger charge is -2.21. The van der Waals surface area contributed by atoms with E-state index in [-0.39, 0.29) is 11.8 Å². The topological polar surface area (TPSA) is 20.3 Å². The number of carbonyl (C=O) groups is 1. The van der Waals surface area contributed by atoms with Crippen LogP contribution in [0.4, 0.5) is 5.69 Å². The average Bonchev–Trinajstić information content (AvgIpc) is 2.21. The third kappa shape index (κ3) is 2.26. The highest BCUT2D eigenvalue weighted by molar-refractivity contribution is 6.29. The molecule has 0 unspecified atom stereocenters. The van der Waals surface area contributed by atoms with Crippen molar-refractivity contribution in [2.24, 2.45) is 0 Å². The maximum atomic E-state index is 11.5. The van der Waals surface area contributed by atoms with Gasteiger partial charge in [-0.25, -0.2) is 0 Å². The number of alkyl halides is 1. The molecule has 0 aromatic heterocycles. The predicted molar refractivity (Wildman–Crippen MR) is 59.9 cm³/mol. The number of halogens is 1. The molecule has 0 N–H and O–H groups in total. The zero-order valence-corrected chi connectivity index (χ0v) is 9.21. The van der Waals surface area contributed by atoms with Crippen molar-refractivity contribution in [1.29, 1.82) is 0 Å². The lowest BCUT2D eigenvalue weighted by Crippen LogP contribution is -2.32. The van der Waals surface area contributed by atoms with Crippen LogP contribution in [0.3, 0.4) is 0 Å². The molecule has 0 saturated heterocycles. The molecule has 0 spiro atoms. The minimum absolute atomic E-state index is 0.0299. The van der Waals surface area contributed by atoms with E-state index in [4.69, 9.17) is 11.6 Å². The lowest BCUT2D eigenvalue weighted by atomic mass is 10.2. The quantitative estimate of drug-likeness (QED) is 0.704. The minimum Gasteiger partial charge on any atom is -0.311 e. The first-order valence-electron chi connectivity index (χ1n) is 4.62. The normalized spacial score (nSPS) is 9.93. The molecule has 2 nitrogen and oxygen atoms in total. The van der Waals surface area contributed by atoms with E-state index in [1.165, 1.54) is 0 Å². The Morgan fingerprint density at radius 1 is 1.43 bits per heavy atom. The fraction of sp³-hybridized carbons (Fsp3) is 0.364. The molecule has 0 saturated carbocycles. The number of para-hydroxylation sites is 1. The van der Waals surface area contributed by atoms with Crippen LogP contribution in [0, 0.1) is 6.92 Å². The van der Waals surface area contributed by atoms with Crippen molar-refractivity contribution in [2.45, 2.75) is 13.8 Å². The Labute approximate surface area is 89.5 Å². The first-order valence-corrected chi connectivity index (χ1v) is 5.16. The Morgan fingerprint density at radius 2 is 2.07 bits per heavy atom. The van der Waals surface area contributed by atoms with Crippen molar-refractivity contribution >= 4 is 23.2 Å². The molecule has 0 fully saturated rings. The summed E-state index contributed by atoms with van der Waals surface area (Å²) in [7, 11) is 0. The summed E-state index contributed by atoms with van der Waals surface area (Å²) in [6.07, 6.45) is 0. The van der Waals surface area contributed by atoms with E-state index in [1.54, 1.807) is 4.90 Å². The highest BCUT2D eigenvalue weighted by Crippen LogP contribution is 2.19. The number of rotatable bonds is 3. The van der Waals surface area contributed by atoms with Gasteiger partial charge < -0.3 is 4.90 Å². The Kier molecular flexibility index (Phi) is 3.96. The van der Waals surface area contributed by atoms with E-state index in [9.17, 15) is 4.79 Å². The second-order valence-corrected chi connectivity index (χ2v) is 3.33. The van der Waals surface area contributed by atoms with Crippen LogP contribution >= 0.6 is 11.6 Å². The first-order chi connectivity index (χ1) is 6.70. The summed E-state index contributed by atoms with van der Waals surface area (Å²) in [5.74, 6) is -0.0224. The summed E-state index contributed by atoms with van der Waals surface area (Å²) < 4.78 is 0. The Balaban J connectivity index is 3.01. The maximum absolute atomic E-state index is 11.5. The van der Waals surface area contributed by atoms with E-state index >= 15 is 0 Å². The molecule has 1 aromatic carbocycles. The van der Waals surface area contributed by atoms with Crippen molar-refractivity contribution in [2.75, 3.05) is 17.3 Å². The molecule has 0 aliphatic carbocycles. The van der Waals surface area contributed by atoms with Gasteiger partial charge >= 0.3 is 0 Å². The first kappa shape index (κ1) is 11.1. The van der Waals surface area contributed by atoms with Gasteiger partial charge in [-0.15, -0.1) is 11.6 Å². The van der Waals surface area contributed by atoms with Gasteiger partial charge in [0.15, 0.2) is 0 Å². The molecule has 1 amide bonds. The summed E-state index contributed by atoms with van der Waals surface area (Å²) in [5.41, 5.74) is 2.04. The number of aryl methyl sites for hydroxylation is 1. The van der Waals surface area contributed by atoms with Crippen molar-refractivity contribution in [1.82, 2.24) is 0 Å². The Bertz CT molecular complexity index is 325. The molecule has 0 heterocycles. The predicted octanol–water partition coefficient (Wildman–Crippen LogP) is 2.59. The molecule has 0 radical (unpaired) electrons. The van der Waals surface area contributed by atoms with Gasteiger partial charge in [0, 0.05) is 12.2 Å². The molecular weight excluding hydrogens is 198 g/mol. The monoisotopic (exact) mass is 211 g/mol. The van der Waals surface area contributed by atoms with Crippen LogP contribution in [0.2, 0.25) is 0 Å². The van der Waals surface area contributed by atoms with Gasteiger partial charge in [0.2, 0.25) is 5.91 Å². The fourth-order valence-electron chi connectivity index (χ4n) is 1.42. The van der Waals surface area contributed by atoms with E-state index in [0.717, 1.165) is 11.3 Å². The second kappa shape index (κ2) is 5.01. The van der Waals surface area contributed by atoms with Crippen LogP contribution < -0.4 is 4.90 Å². The fourth-order valence-corrected chi connectivity index (χ4v) is 1.56. The second-order valence-electron chi connectivity index (χ2n) is 3.06. The van der Waals surface area contributed by atoms with Gasteiger partial charge in [-0.2, -0.15) is 0 Å². The van der Waals surface area contributed by atoms with Gasteiger partial charge in [0.05, 0.1) is 0 Å². The maximum Gasteiger partial charge on any atom is 0.241 e. The minimum atomic E-state index is -0.0523. The van der Waals surface area contributed by atoms with E-state index in [2.05, 4.69) is 0 Å². The summed E-state index contributed by atoms with van der Waals surface area (Å²) in [6, 6.07) is 7.80. The SMILES string of the molecule is CCN(C(=O)CCl)c1ccccc1C. The zero-order valence-electron chi connectivity index (χ0n) is 8.46. The smallest absolute Gasteiger partial charge is 0.241 e. The Hall–Kier alpha value is -1.02. The number of benzene rings is 1. The molecule has 0 atom stereocenters. The molecule has 0 aliphatic rings. The van der Waals surface area contributed by atoms with Crippen LogP contribution in [0.5, 0.6) is 0 Å². The zero-order chi connectivity index (χ0) is 10.6. The highest BCUT2D eigenvalue weighted by atomic mass is 35.5. The number of anilines is 1. The van der Waals surface area contributed by atoms with Gasteiger partial charge in [0.25, 0.3) is 0 Å². The molecule has 1 rings (SSSR count). The van der Waals surface area contributed by atoms with Gasteiger partial charge in [0.1, 0.15) is 5.88 Å². The molecule has 0 aliphatic heterocycles. The highest BCUT2D eigenvalue weighted by Gasteiger charge is 2.13. The van der Waals surface area contributed by atoms with E-state index in [1.807, 2.05) is 38.1 Å². The van der Waals surface area contributed by atoms with Crippen LogP contribution in [-0.4, -0.2) is 18.3 Å². The van der Waals surface area contributed by atoms with Gasteiger partial charge in [-0.3, -0.25) is 4.79 Å². The Morgan fingerprint density at radius 3 is 2.57 bits per heavy atom. The van der Waals surface area contributed by atoms with E-state index in [0.29, 0.717) is 6.54 Å². The van der Waals surface area contributed by atoms with Crippen LogP contribution in [-0.2, 0) is 4.79 Å². The summed E-state index contributed by atoms with van der Waals surface area (Å²) in [5, 5.41) is 0. The molecule has 1 aromatic rings. The van der Waals surface area contributed by atoms with Crippen LogP contribution in [0.25, 0.3) is 0 Å². The van der Waals surface area contributed by atoms with Crippen molar-refractivity contribution in [3.63, 3.8) is 0 Å². The molecule has 3 heteroatoms. The van der Waals surface area contributed by atoms with Crippen molar-refractivity contribution < 1.29 is 4.79 Å². The molecular formula is C11H14ClNO. The summed E-state index contributed by atoms with van der Waals surface area (Å²) in [6.45, 7) is 4.58. The molecule has 14 heavy (non-hydrogen) atoms. The van der Waals surface area contributed by atoms with Crippen molar-refractivity contribution in [3.05, 3.63) is 29.8 Å². The third-order valence-corrected chi connectivity index (χ3v) is 2.37. The van der Waals surface area contributed by atoms with Crippen LogP contribution in [0.15, 0.2) is 24.3 Å². The van der Waals surface area contributed by atoms with Crippen LogP contribution in [0.1, 0.15) is 12.5 Å². The number of amides is 1. The van der Waals surface area contributed by atoms with E-state index < -0.39 is 0 Å². The summed E-state index contributed by atoms with van der Waals surface area (Å²) >= 11 is 5.54. The lowest BCUT2D eigenvalue weighted by molar-refractivity contribution is -0.116. The van der Waals surface area contributed by atoms with Gasteiger partial charge in [-0.1, -0.05) is 18.2 Å². The summed E-state index contributed by atoms with van der Waals surface area (Å²) in [4.78, 5) is 13.2. The number of carbonyl (C=O) groups excluding carboxylic acids is 1. The van der Waals surface area contributed by atoms with Crippen molar-refractivity contribution in [3.8, 4) is 0 Å².